The summed E-state index contributed by atoms with van der Waals surface area (Å²) in [5.74, 6) is 0. The fraction of sp³-hybridized carbons (Fsp3) is 0. The van der Waals surface area contributed by atoms with Gasteiger partial charge in [0.2, 0.25) is 0 Å². The van der Waals surface area contributed by atoms with E-state index in [9.17, 15) is 0 Å². The van der Waals surface area contributed by atoms with Crippen LogP contribution in [0.4, 0.5) is 0 Å². The Morgan fingerprint density at radius 1 is 0.444 bits per heavy atom. The Morgan fingerprint density at radius 3 is 0.444 bits per heavy atom. The van der Waals surface area contributed by atoms with Crippen LogP contribution in [0.5, 0.6) is 0 Å². The van der Waals surface area contributed by atoms with Gasteiger partial charge in [0, 0.05) is 0 Å². The van der Waals surface area contributed by atoms with Crippen molar-refractivity contribution in [2.45, 2.75) is 0 Å². The molecule has 0 radical (unpaired) electrons. The van der Waals surface area contributed by atoms with Crippen molar-refractivity contribution in [3.8, 4) is 0 Å². The van der Waals surface area contributed by atoms with Crippen molar-refractivity contribution in [3.05, 3.63) is 0 Å². The SMILES string of the molecule is O.[Al+3].[Al+3].[Cl-].[OH-].[OH-].[OH-].[OH-].[OH-]. The molecule has 0 saturated heterocycles. The van der Waals surface area contributed by atoms with E-state index in [4.69, 9.17) is 0 Å². The first-order chi connectivity index (χ1) is 0. The third-order valence-electron chi connectivity index (χ3n) is 0. The van der Waals surface area contributed by atoms with Gasteiger partial charge in [-0.2, -0.15) is 0 Å². The molecule has 9 heavy (non-hydrogen) atoms. The maximum atomic E-state index is 0. The summed E-state index contributed by atoms with van der Waals surface area (Å²) in [6, 6.07) is 0. The number of hydrogen-bond acceptors (Lipinski definition) is 5. The summed E-state index contributed by atoms with van der Waals surface area (Å²) in [5.41, 5.74) is 0. The third-order valence-corrected chi connectivity index (χ3v) is 0. The van der Waals surface area contributed by atoms with Crippen LogP contribution in [0.2, 0.25) is 0 Å². The number of rotatable bonds is 0. The van der Waals surface area contributed by atoms with Gasteiger partial charge in [-0.3, -0.25) is 0 Å². The first-order valence-electron chi connectivity index (χ1n) is 0. The molecule has 0 rings (SSSR count). The van der Waals surface area contributed by atoms with Gasteiger partial charge in [-0.25, -0.2) is 0 Å². The Kier molecular flexibility index (Phi) is 36300. The molecule has 7 N–H and O–H groups in total. The molecule has 0 atom stereocenters. The molecule has 0 aliphatic rings. The average molecular weight is 192 g/mol. The Hall–Kier alpha value is 1.11. The molecule has 9 heteroatoms. The van der Waals surface area contributed by atoms with E-state index < -0.39 is 0 Å². The van der Waals surface area contributed by atoms with Gasteiger partial charge in [0.1, 0.15) is 0 Å². The van der Waals surface area contributed by atoms with Crippen molar-refractivity contribution in [1.82, 2.24) is 0 Å². The van der Waals surface area contributed by atoms with Crippen LogP contribution in [-0.4, -0.2) is 67.6 Å². The second kappa shape index (κ2) is 483. The molecule has 0 unspecified atom stereocenters. The second-order valence-corrected chi connectivity index (χ2v) is 0. The maximum absolute atomic E-state index is 0. The smallest absolute Gasteiger partial charge is 1.00 e. The van der Waals surface area contributed by atoms with E-state index in [1.54, 1.807) is 0 Å². The fourth-order valence-corrected chi connectivity index (χ4v) is 0. The zero-order chi connectivity index (χ0) is 0. The quantitative estimate of drug-likeness (QED) is 0.346. The minimum atomic E-state index is 0. The molecule has 0 aromatic heterocycles. The van der Waals surface area contributed by atoms with Crippen LogP contribution in [0.25, 0.3) is 0 Å². The molecule has 0 aliphatic heterocycles. The van der Waals surface area contributed by atoms with E-state index in [1.807, 2.05) is 0 Å². The van der Waals surface area contributed by atoms with Gasteiger partial charge >= 0.3 is 34.7 Å². The normalized spacial score (nSPS) is 0. The monoisotopic (exact) mass is 192 g/mol. The minimum absolute atomic E-state index is 0. The maximum Gasteiger partial charge on any atom is 3.00 e. The molecule has 0 saturated carbocycles. The van der Waals surface area contributed by atoms with Crippen LogP contribution in [0, 0.1) is 0 Å². The summed E-state index contributed by atoms with van der Waals surface area (Å²) in [5, 5.41) is 0. The summed E-state index contributed by atoms with van der Waals surface area (Å²) in [7, 11) is 0. The molecule has 0 aromatic rings. The van der Waals surface area contributed by atoms with Crippen molar-refractivity contribution in [2.75, 3.05) is 0 Å². The Bertz CT molecular complexity index is 11.0. The average Bonchev–Trinajstić information content (AvgIpc) is 0. The summed E-state index contributed by atoms with van der Waals surface area (Å²) in [6.45, 7) is 0. The summed E-state index contributed by atoms with van der Waals surface area (Å²) in [6.07, 6.45) is 0. The minimum Gasteiger partial charge on any atom is -1.00 e. The van der Waals surface area contributed by atoms with Crippen LogP contribution < -0.4 is 12.4 Å². The van der Waals surface area contributed by atoms with Crippen LogP contribution >= 0.6 is 0 Å². The van der Waals surface area contributed by atoms with Gasteiger partial charge in [0.15, 0.2) is 0 Å². The van der Waals surface area contributed by atoms with Crippen LogP contribution in [0.3, 0.4) is 0 Å². The van der Waals surface area contributed by atoms with Crippen LogP contribution in [-0.2, 0) is 0 Å². The van der Waals surface area contributed by atoms with E-state index in [2.05, 4.69) is 0 Å². The first kappa shape index (κ1) is 676. The molecule has 6 nitrogen and oxygen atoms in total. The molecule has 56 valence electrons. The molecule has 0 bridgehead atoms. The summed E-state index contributed by atoms with van der Waals surface area (Å²) >= 11 is 0. The molecule has 0 aromatic carbocycles. The summed E-state index contributed by atoms with van der Waals surface area (Å²) in [4.78, 5) is 0. The van der Waals surface area contributed by atoms with Crippen molar-refractivity contribution >= 4 is 34.7 Å². The molecule has 0 spiro atoms. The number of halogens is 1. The molecule has 0 aliphatic carbocycles. The van der Waals surface area contributed by atoms with Crippen molar-refractivity contribution in [2.24, 2.45) is 0 Å². The standard InChI is InChI=1S/2Al.ClH.6H2O/h;;1H;6*1H2/q2*+3;;;;;;;/p-6. The predicted molar refractivity (Wildman–Crippen MR) is 24.8 cm³/mol. The topological polar surface area (TPSA) is 182 Å². The van der Waals surface area contributed by atoms with E-state index in [1.165, 1.54) is 0 Å². The first-order valence-corrected chi connectivity index (χ1v) is 0. The van der Waals surface area contributed by atoms with Gasteiger partial charge < -0.3 is 45.3 Å². The van der Waals surface area contributed by atoms with Gasteiger partial charge in [-0.1, -0.05) is 0 Å². The van der Waals surface area contributed by atoms with E-state index in [0.717, 1.165) is 0 Å². The van der Waals surface area contributed by atoms with Crippen molar-refractivity contribution in [3.63, 3.8) is 0 Å². The van der Waals surface area contributed by atoms with Crippen LogP contribution in [0.15, 0.2) is 0 Å². The number of hydrogen-bond donors (Lipinski definition) is 0. The van der Waals surface area contributed by atoms with Crippen molar-refractivity contribution in [1.29, 1.82) is 0 Å². The van der Waals surface area contributed by atoms with E-state index in [0.29, 0.717) is 0 Å². The van der Waals surface area contributed by atoms with Crippen LogP contribution in [0.1, 0.15) is 0 Å². The Morgan fingerprint density at radius 2 is 0.444 bits per heavy atom. The Labute approximate surface area is 80.2 Å². The second-order valence-electron chi connectivity index (χ2n) is 0. The third kappa shape index (κ3) is 371. The molecule has 0 fully saturated rings. The zero-order valence-electron chi connectivity index (χ0n) is 4.27. The molecular weight excluding hydrogens is 185 g/mol. The largest absolute Gasteiger partial charge is 3.00 e. The predicted octanol–water partition coefficient (Wildman–Crippen LogP) is -5.47. The zero-order valence-corrected chi connectivity index (χ0v) is 7.33. The molecular formula is H7Al2ClO6. The van der Waals surface area contributed by atoms with E-state index >= 15 is 0 Å². The van der Waals surface area contributed by atoms with Gasteiger partial charge in [0.25, 0.3) is 0 Å². The van der Waals surface area contributed by atoms with Crippen molar-refractivity contribution < 1.29 is 45.3 Å². The van der Waals surface area contributed by atoms with Gasteiger partial charge in [-0.15, -0.1) is 0 Å². The fourth-order valence-electron chi connectivity index (χ4n) is 0. The molecule has 0 heterocycles. The van der Waals surface area contributed by atoms with Gasteiger partial charge in [0.05, 0.1) is 0 Å². The Balaban J connectivity index is 0. The van der Waals surface area contributed by atoms with E-state index in [-0.39, 0.29) is 80.0 Å². The van der Waals surface area contributed by atoms with Gasteiger partial charge in [-0.05, 0) is 0 Å². The molecule has 0 amide bonds. The summed E-state index contributed by atoms with van der Waals surface area (Å²) < 4.78 is 0.